The van der Waals surface area contributed by atoms with Gasteiger partial charge in [-0.05, 0) is 28.8 Å². The largest absolute Gasteiger partial charge is 0.456 e. The minimum Gasteiger partial charge on any atom is -0.456 e. The van der Waals surface area contributed by atoms with E-state index in [1.807, 2.05) is 17.5 Å². The Bertz CT molecular complexity index is 678. The van der Waals surface area contributed by atoms with Crippen LogP contribution >= 0.6 is 11.3 Å². The first-order valence-electron chi connectivity index (χ1n) is 5.86. The molecule has 2 heterocycles. The van der Waals surface area contributed by atoms with Crippen molar-refractivity contribution < 1.29 is 9.53 Å². The maximum absolute atomic E-state index is 11.9. The summed E-state index contributed by atoms with van der Waals surface area (Å²) in [6.07, 6.45) is 0. The topological polar surface area (TPSA) is 80.8 Å². The number of esters is 1. The maximum Gasteiger partial charge on any atom is 0.338 e. The summed E-state index contributed by atoms with van der Waals surface area (Å²) in [6, 6.07) is 10.7. The van der Waals surface area contributed by atoms with Gasteiger partial charge in [-0.25, -0.2) is 4.79 Å². The third-order valence-corrected chi connectivity index (χ3v) is 3.50. The lowest BCUT2D eigenvalue weighted by Gasteiger charge is -2.03. The Kier molecular flexibility index (Phi) is 3.51. The predicted octanol–water partition coefficient (Wildman–Crippen LogP) is 2.29. The van der Waals surface area contributed by atoms with Crippen molar-refractivity contribution >= 4 is 17.3 Å². The van der Waals surface area contributed by atoms with Crippen LogP contribution in [0.15, 0.2) is 41.8 Å². The van der Waals surface area contributed by atoms with E-state index >= 15 is 0 Å². The Morgan fingerprint density at radius 3 is 2.75 bits per heavy atom. The van der Waals surface area contributed by atoms with E-state index in [2.05, 4.69) is 20.6 Å². The highest BCUT2D eigenvalue weighted by Gasteiger charge is 2.09. The number of nitrogens with zero attached hydrogens (tertiary/aromatic N) is 3. The highest BCUT2D eigenvalue weighted by atomic mass is 32.1. The number of nitrogens with one attached hydrogen (secondary N) is 1. The lowest BCUT2D eigenvalue weighted by Crippen LogP contribution is -2.04. The molecule has 0 aliphatic heterocycles. The molecule has 0 fully saturated rings. The SMILES string of the molecule is O=C(OCc1cccs1)c1ccc(-c2nn[nH]n2)cc1. The van der Waals surface area contributed by atoms with Gasteiger partial charge in [0.15, 0.2) is 0 Å². The van der Waals surface area contributed by atoms with E-state index in [0.717, 1.165) is 10.4 Å². The number of H-pyrrole nitrogens is 1. The summed E-state index contributed by atoms with van der Waals surface area (Å²) >= 11 is 1.56. The summed E-state index contributed by atoms with van der Waals surface area (Å²) in [7, 11) is 0. The van der Waals surface area contributed by atoms with Gasteiger partial charge in [0.2, 0.25) is 5.82 Å². The van der Waals surface area contributed by atoms with E-state index in [1.165, 1.54) is 0 Å². The second kappa shape index (κ2) is 5.62. The number of benzene rings is 1. The number of rotatable bonds is 4. The molecule has 0 atom stereocenters. The summed E-state index contributed by atoms with van der Waals surface area (Å²) in [5.74, 6) is 0.140. The lowest BCUT2D eigenvalue weighted by atomic mass is 10.1. The molecule has 7 heteroatoms. The monoisotopic (exact) mass is 286 g/mol. The minimum absolute atomic E-state index is 0.295. The molecular formula is C13H10N4O2S. The Morgan fingerprint density at radius 2 is 2.10 bits per heavy atom. The van der Waals surface area contributed by atoms with Gasteiger partial charge in [0.1, 0.15) is 6.61 Å². The standard InChI is InChI=1S/C13H10N4O2S/c18-13(19-8-11-2-1-7-20-11)10-5-3-9(4-6-10)12-14-16-17-15-12/h1-7H,8H2,(H,14,15,16,17). The summed E-state index contributed by atoms with van der Waals surface area (Å²) in [5, 5.41) is 15.6. The molecule has 100 valence electrons. The molecule has 6 nitrogen and oxygen atoms in total. The van der Waals surface area contributed by atoms with Crippen molar-refractivity contribution in [3.8, 4) is 11.4 Å². The van der Waals surface area contributed by atoms with Crippen LogP contribution in [0.4, 0.5) is 0 Å². The molecular weight excluding hydrogens is 276 g/mol. The third kappa shape index (κ3) is 2.72. The van der Waals surface area contributed by atoms with Gasteiger partial charge in [-0.2, -0.15) is 5.21 Å². The van der Waals surface area contributed by atoms with Crippen LogP contribution in [0.1, 0.15) is 15.2 Å². The highest BCUT2D eigenvalue weighted by Crippen LogP contribution is 2.15. The zero-order chi connectivity index (χ0) is 13.8. The van der Waals surface area contributed by atoms with Gasteiger partial charge in [-0.1, -0.05) is 18.2 Å². The summed E-state index contributed by atoms with van der Waals surface area (Å²) in [6.45, 7) is 0.295. The summed E-state index contributed by atoms with van der Waals surface area (Å²) in [4.78, 5) is 12.9. The Morgan fingerprint density at radius 1 is 1.25 bits per heavy atom. The van der Waals surface area contributed by atoms with Crippen LogP contribution in [-0.4, -0.2) is 26.6 Å². The van der Waals surface area contributed by atoms with Gasteiger partial charge in [0, 0.05) is 10.4 Å². The van der Waals surface area contributed by atoms with Crippen LogP contribution in [0.2, 0.25) is 0 Å². The molecule has 3 rings (SSSR count). The van der Waals surface area contributed by atoms with Crippen LogP contribution in [0, 0.1) is 0 Å². The average Bonchev–Trinajstić information content (AvgIpc) is 3.18. The van der Waals surface area contributed by atoms with Crippen molar-refractivity contribution in [3.63, 3.8) is 0 Å². The third-order valence-electron chi connectivity index (χ3n) is 2.65. The fourth-order valence-electron chi connectivity index (χ4n) is 1.65. The fourth-order valence-corrected chi connectivity index (χ4v) is 2.27. The zero-order valence-electron chi connectivity index (χ0n) is 10.3. The summed E-state index contributed by atoms with van der Waals surface area (Å²) < 4.78 is 5.22. The molecule has 0 aliphatic carbocycles. The minimum atomic E-state index is -0.349. The van der Waals surface area contributed by atoms with E-state index in [-0.39, 0.29) is 5.97 Å². The molecule has 0 aliphatic rings. The van der Waals surface area contributed by atoms with Crippen LogP contribution in [0.3, 0.4) is 0 Å². The van der Waals surface area contributed by atoms with E-state index < -0.39 is 0 Å². The number of aromatic nitrogens is 4. The smallest absolute Gasteiger partial charge is 0.338 e. The number of aromatic amines is 1. The van der Waals surface area contributed by atoms with Crippen molar-refractivity contribution in [2.24, 2.45) is 0 Å². The van der Waals surface area contributed by atoms with E-state index in [1.54, 1.807) is 35.6 Å². The first kappa shape index (κ1) is 12.5. The number of carbonyl (C=O) groups is 1. The van der Waals surface area contributed by atoms with Gasteiger partial charge in [-0.15, -0.1) is 21.5 Å². The van der Waals surface area contributed by atoms with Gasteiger partial charge >= 0.3 is 5.97 Å². The van der Waals surface area contributed by atoms with E-state index in [4.69, 9.17) is 4.74 Å². The van der Waals surface area contributed by atoms with Crippen LogP contribution in [0.25, 0.3) is 11.4 Å². The lowest BCUT2D eigenvalue weighted by molar-refractivity contribution is 0.0477. The molecule has 0 saturated carbocycles. The summed E-state index contributed by atoms with van der Waals surface area (Å²) in [5.41, 5.74) is 1.28. The fraction of sp³-hybridized carbons (Fsp3) is 0.0769. The van der Waals surface area contributed by atoms with Gasteiger partial charge < -0.3 is 4.74 Å². The molecule has 0 bridgehead atoms. The Labute approximate surface area is 118 Å². The quantitative estimate of drug-likeness (QED) is 0.744. The zero-order valence-corrected chi connectivity index (χ0v) is 11.1. The van der Waals surface area contributed by atoms with Crippen LogP contribution in [0.5, 0.6) is 0 Å². The number of tetrazole rings is 1. The number of ether oxygens (including phenoxy) is 1. The number of hydrogen-bond donors (Lipinski definition) is 1. The van der Waals surface area contributed by atoms with Crippen molar-refractivity contribution in [1.29, 1.82) is 0 Å². The maximum atomic E-state index is 11.9. The van der Waals surface area contributed by atoms with Gasteiger partial charge in [0.25, 0.3) is 0 Å². The van der Waals surface area contributed by atoms with Crippen molar-refractivity contribution in [3.05, 3.63) is 52.2 Å². The molecule has 0 spiro atoms. The second-order valence-electron chi connectivity index (χ2n) is 3.97. The number of thiophene rings is 1. The normalized spacial score (nSPS) is 10.4. The predicted molar refractivity (Wildman–Crippen MR) is 73.1 cm³/mol. The second-order valence-corrected chi connectivity index (χ2v) is 5.00. The van der Waals surface area contributed by atoms with Gasteiger partial charge in [-0.3, -0.25) is 0 Å². The molecule has 1 aromatic carbocycles. The average molecular weight is 286 g/mol. The molecule has 0 amide bonds. The number of carbonyl (C=O) groups excluding carboxylic acids is 1. The highest BCUT2D eigenvalue weighted by molar-refractivity contribution is 7.09. The first-order valence-corrected chi connectivity index (χ1v) is 6.74. The molecule has 0 radical (unpaired) electrons. The van der Waals surface area contributed by atoms with Crippen LogP contribution < -0.4 is 0 Å². The van der Waals surface area contributed by atoms with Crippen molar-refractivity contribution in [2.45, 2.75) is 6.61 Å². The van der Waals surface area contributed by atoms with E-state index in [0.29, 0.717) is 18.0 Å². The molecule has 0 unspecified atom stereocenters. The van der Waals surface area contributed by atoms with Gasteiger partial charge in [0.05, 0.1) is 5.56 Å². The number of hydrogen-bond acceptors (Lipinski definition) is 6. The van der Waals surface area contributed by atoms with E-state index in [9.17, 15) is 4.79 Å². The molecule has 2 aromatic heterocycles. The molecule has 3 aromatic rings. The molecule has 0 saturated heterocycles. The van der Waals surface area contributed by atoms with Crippen molar-refractivity contribution in [1.82, 2.24) is 20.6 Å². The molecule has 20 heavy (non-hydrogen) atoms. The first-order chi connectivity index (χ1) is 9.83. The Hall–Kier alpha value is -2.54. The van der Waals surface area contributed by atoms with Crippen LogP contribution in [-0.2, 0) is 11.3 Å². The molecule has 1 N–H and O–H groups in total. The Balaban J connectivity index is 1.66. The van der Waals surface area contributed by atoms with Crippen molar-refractivity contribution in [2.75, 3.05) is 0 Å².